The number of nitrogens with one attached hydrogen (secondary N) is 1. The van der Waals surface area contributed by atoms with Crippen molar-refractivity contribution in [3.63, 3.8) is 0 Å². The second kappa shape index (κ2) is 10.9. The highest BCUT2D eigenvalue weighted by atomic mass is 32.2. The average Bonchev–Trinajstić information content (AvgIpc) is 3.32. The molecule has 2 aliphatic heterocycles. The van der Waals surface area contributed by atoms with Gasteiger partial charge >= 0.3 is 0 Å². The number of aromatic nitrogens is 1. The molecule has 2 aliphatic rings. The summed E-state index contributed by atoms with van der Waals surface area (Å²) in [4.78, 5) is 17.7. The molecule has 198 valence electrons. The van der Waals surface area contributed by atoms with E-state index in [-0.39, 0.29) is 17.8 Å². The molecule has 37 heavy (non-hydrogen) atoms. The molecule has 3 aromatic rings. The molecule has 2 saturated heterocycles. The Morgan fingerprint density at radius 2 is 1.81 bits per heavy atom. The van der Waals surface area contributed by atoms with Gasteiger partial charge in [0.2, 0.25) is 10.0 Å². The fraction of sp³-hybridized carbons (Fsp3) is 0.464. The first-order chi connectivity index (χ1) is 17.8. The molecule has 0 saturated carbocycles. The molecule has 0 aliphatic carbocycles. The maximum absolute atomic E-state index is 13.0. The molecular formula is C28H36N4O4S. The zero-order valence-electron chi connectivity index (χ0n) is 21.1. The van der Waals surface area contributed by atoms with Gasteiger partial charge in [0.1, 0.15) is 0 Å². The summed E-state index contributed by atoms with van der Waals surface area (Å²) in [6.45, 7) is 3.25. The number of β-amino-alcohol motifs (C(OH)–C–C–N with tert-alkyl or cyclic N) is 1. The molecule has 2 aromatic carbocycles. The molecule has 1 amide bonds. The van der Waals surface area contributed by atoms with Crippen molar-refractivity contribution >= 4 is 26.8 Å². The van der Waals surface area contributed by atoms with Crippen LogP contribution in [0, 0.1) is 0 Å². The van der Waals surface area contributed by atoms with Crippen LogP contribution in [-0.2, 0) is 10.0 Å². The average molecular weight is 525 g/mol. The quantitative estimate of drug-likeness (QED) is 0.418. The number of H-pyrrole nitrogens is 1. The summed E-state index contributed by atoms with van der Waals surface area (Å²) in [6, 6.07) is 13.8. The van der Waals surface area contributed by atoms with Gasteiger partial charge in [-0.2, -0.15) is 0 Å². The minimum Gasteiger partial charge on any atom is -0.392 e. The van der Waals surface area contributed by atoms with Crippen LogP contribution < -0.4 is 5.73 Å². The van der Waals surface area contributed by atoms with Crippen LogP contribution in [0.1, 0.15) is 53.9 Å². The number of aliphatic hydroxyl groups is 1. The van der Waals surface area contributed by atoms with Crippen molar-refractivity contribution in [3.8, 4) is 11.1 Å². The minimum atomic E-state index is -3.32. The number of carbonyl (C=O) groups excluding carboxylic acids is 1. The second-order valence-corrected chi connectivity index (χ2v) is 12.4. The Kier molecular flexibility index (Phi) is 7.67. The summed E-state index contributed by atoms with van der Waals surface area (Å²) < 4.78 is 27.7. The Balaban J connectivity index is 1.27. The van der Waals surface area contributed by atoms with E-state index in [1.54, 1.807) is 4.31 Å². The number of benzene rings is 2. The molecule has 5 rings (SSSR count). The van der Waals surface area contributed by atoms with Gasteiger partial charge in [0, 0.05) is 31.2 Å². The maximum atomic E-state index is 13.0. The predicted molar refractivity (Wildman–Crippen MR) is 146 cm³/mol. The Bertz CT molecular complexity index is 1350. The third-order valence-electron chi connectivity index (χ3n) is 7.84. The van der Waals surface area contributed by atoms with Crippen molar-refractivity contribution in [3.05, 3.63) is 59.8 Å². The first kappa shape index (κ1) is 25.9. The molecule has 0 radical (unpaired) electrons. The predicted octanol–water partition coefficient (Wildman–Crippen LogP) is 3.29. The van der Waals surface area contributed by atoms with E-state index in [0.717, 1.165) is 59.8 Å². The van der Waals surface area contributed by atoms with Gasteiger partial charge in [-0.1, -0.05) is 30.3 Å². The van der Waals surface area contributed by atoms with Crippen molar-refractivity contribution in [2.45, 2.75) is 44.1 Å². The van der Waals surface area contributed by atoms with E-state index in [0.29, 0.717) is 38.2 Å². The summed E-state index contributed by atoms with van der Waals surface area (Å²) in [5.41, 5.74) is 9.98. The molecule has 1 atom stereocenters. The molecule has 4 N–H and O–H groups in total. The minimum absolute atomic E-state index is 0.139. The lowest BCUT2D eigenvalue weighted by atomic mass is 9.88. The largest absolute Gasteiger partial charge is 0.392 e. The SMILES string of the molecule is NC(=O)c1cc(-c2ccccc2)cc2c(C3CCN(S(=O)(=O)CCCN4CCCC(O)C4)CC3)c[nH]c12. The number of piperidine rings is 2. The monoisotopic (exact) mass is 524 g/mol. The van der Waals surface area contributed by atoms with Crippen LogP contribution in [0.2, 0.25) is 0 Å². The normalized spacial score (nSPS) is 20.4. The van der Waals surface area contributed by atoms with Crippen molar-refractivity contribution in [1.82, 2.24) is 14.2 Å². The number of primary amides is 1. The van der Waals surface area contributed by atoms with Crippen LogP contribution in [0.4, 0.5) is 0 Å². The van der Waals surface area contributed by atoms with Gasteiger partial charge in [0.15, 0.2) is 0 Å². The van der Waals surface area contributed by atoms with Crippen molar-refractivity contribution in [2.24, 2.45) is 5.73 Å². The Hall–Kier alpha value is -2.72. The van der Waals surface area contributed by atoms with Gasteiger partial charge in [-0.15, -0.1) is 0 Å². The van der Waals surface area contributed by atoms with Gasteiger partial charge in [-0.3, -0.25) is 4.79 Å². The van der Waals surface area contributed by atoms with Crippen LogP contribution in [0.5, 0.6) is 0 Å². The molecule has 1 aromatic heterocycles. The highest BCUT2D eigenvalue weighted by molar-refractivity contribution is 7.89. The highest BCUT2D eigenvalue weighted by Crippen LogP contribution is 2.37. The molecule has 0 spiro atoms. The summed E-state index contributed by atoms with van der Waals surface area (Å²) in [5, 5.41) is 10.8. The number of hydrogen-bond acceptors (Lipinski definition) is 5. The smallest absolute Gasteiger partial charge is 0.250 e. The summed E-state index contributed by atoms with van der Waals surface area (Å²) in [5.74, 6) is -0.141. The lowest BCUT2D eigenvalue weighted by molar-refractivity contribution is 0.0709. The maximum Gasteiger partial charge on any atom is 0.250 e. The lowest BCUT2D eigenvalue weighted by Gasteiger charge is -2.32. The van der Waals surface area contributed by atoms with Gasteiger partial charge in [0.25, 0.3) is 5.91 Å². The molecule has 0 bridgehead atoms. The Labute approximate surface area is 218 Å². The fourth-order valence-corrected chi connectivity index (χ4v) is 7.38. The van der Waals surface area contributed by atoms with Crippen LogP contribution in [0.15, 0.2) is 48.7 Å². The fourth-order valence-electron chi connectivity index (χ4n) is 5.86. The van der Waals surface area contributed by atoms with Crippen LogP contribution in [-0.4, -0.2) is 78.2 Å². The van der Waals surface area contributed by atoms with Gasteiger partial charge in [-0.05, 0) is 79.9 Å². The number of amides is 1. The number of nitrogens with zero attached hydrogens (tertiary/aromatic N) is 2. The van der Waals surface area contributed by atoms with Crippen molar-refractivity contribution < 1.29 is 18.3 Å². The lowest BCUT2D eigenvalue weighted by Crippen LogP contribution is -2.41. The van der Waals surface area contributed by atoms with E-state index in [9.17, 15) is 18.3 Å². The van der Waals surface area contributed by atoms with Gasteiger partial charge in [0.05, 0.1) is 22.9 Å². The highest BCUT2D eigenvalue weighted by Gasteiger charge is 2.30. The zero-order chi connectivity index (χ0) is 26.0. The Morgan fingerprint density at radius 3 is 2.51 bits per heavy atom. The van der Waals surface area contributed by atoms with E-state index in [1.165, 1.54) is 0 Å². The van der Waals surface area contributed by atoms with E-state index in [1.807, 2.05) is 42.6 Å². The molecule has 8 nitrogen and oxygen atoms in total. The third kappa shape index (κ3) is 5.75. The van der Waals surface area contributed by atoms with Crippen molar-refractivity contribution in [2.75, 3.05) is 38.5 Å². The molecule has 9 heteroatoms. The number of sulfonamides is 1. The van der Waals surface area contributed by atoms with Crippen LogP contribution >= 0.6 is 0 Å². The summed E-state index contributed by atoms with van der Waals surface area (Å²) in [6.07, 6.45) is 5.48. The number of nitrogens with two attached hydrogens (primary N) is 1. The molecular weight excluding hydrogens is 488 g/mol. The third-order valence-corrected chi connectivity index (χ3v) is 9.79. The summed E-state index contributed by atoms with van der Waals surface area (Å²) >= 11 is 0. The van der Waals surface area contributed by atoms with Crippen LogP contribution in [0.3, 0.4) is 0 Å². The zero-order valence-corrected chi connectivity index (χ0v) is 21.9. The number of likely N-dealkylation sites (tertiary alicyclic amines) is 1. The van der Waals surface area contributed by atoms with Crippen molar-refractivity contribution in [1.29, 1.82) is 0 Å². The standard InChI is InChI=1S/C28H36N4O4S/c29-28(34)25-17-22(20-6-2-1-3-7-20)16-24-26(18-30-27(24)25)21-9-13-32(14-10-21)37(35,36)15-5-12-31-11-4-8-23(33)19-31/h1-3,6-7,16-18,21,23,30,33H,4-5,8-15,19H2,(H2,29,34). The number of aromatic amines is 1. The number of fused-ring (bicyclic) bond motifs is 1. The van der Waals surface area contributed by atoms with Gasteiger partial charge < -0.3 is 20.7 Å². The first-order valence-corrected chi connectivity index (χ1v) is 14.8. The number of hydrogen-bond donors (Lipinski definition) is 3. The number of rotatable bonds is 8. The topological polar surface area (TPSA) is 120 Å². The van der Waals surface area contributed by atoms with Gasteiger partial charge in [-0.25, -0.2) is 12.7 Å². The molecule has 1 unspecified atom stereocenters. The van der Waals surface area contributed by atoms with Crippen LogP contribution in [0.25, 0.3) is 22.0 Å². The van der Waals surface area contributed by atoms with E-state index in [2.05, 4.69) is 16.0 Å². The first-order valence-electron chi connectivity index (χ1n) is 13.2. The van der Waals surface area contributed by atoms with E-state index >= 15 is 0 Å². The Morgan fingerprint density at radius 1 is 1.05 bits per heavy atom. The number of carbonyl (C=O) groups is 1. The molecule has 3 heterocycles. The van der Waals surface area contributed by atoms with E-state index in [4.69, 9.17) is 5.73 Å². The molecule has 2 fully saturated rings. The second-order valence-electron chi connectivity index (χ2n) is 10.4. The van der Waals surface area contributed by atoms with E-state index < -0.39 is 15.9 Å². The summed E-state index contributed by atoms with van der Waals surface area (Å²) in [7, 11) is -3.32. The number of aliphatic hydroxyl groups excluding tert-OH is 1.